The molecule has 0 radical (unpaired) electrons. The van der Waals surface area contributed by atoms with Crippen LogP contribution in [0.3, 0.4) is 0 Å². The van der Waals surface area contributed by atoms with E-state index >= 15 is 0 Å². The van der Waals surface area contributed by atoms with E-state index in [-0.39, 0.29) is 6.42 Å². The first-order chi connectivity index (χ1) is 16.3. The van der Waals surface area contributed by atoms with Gasteiger partial charge >= 0.3 is 0 Å². The number of carbonyl (C=O) groups excluding carboxylic acids is 1. The van der Waals surface area contributed by atoms with Crippen molar-refractivity contribution in [2.45, 2.75) is 30.3 Å². The fourth-order valence-electron chi connectivity index (χ4n) is 4.01. The van der Waals surface area contributed by atoms with Gasteiger partial charge in [-0.2, -0.15) is 8.42 Å². The largest absolute Gasteiger partial charge is 0.299 e. The zero-order valence-electron chi connectivity index (χ0n) is 19.6. The maximum Gasteiger partial charge on any atom is 0.269 e. The van der Waals surface area contributed by atoms with E-state index in [1.807, 2.05) is 36.4 Å². The molecule has 0 fully saturated rings. The minimum atomic E-state index is -4.06. The van der Waals surface area contributed by atoms with Gasteiger partial charge in [0.15, 0.2) is 14.6 Å². The molecule has 0 aromatic heterocycles. The van der Waals surface area contributed by atoms with Crippen molar-refractivity contribution in [3.8, 4) is 11.1 Å². The molecule has 0 bridgehead atoms. The van der Waals surface area contributed by atoms with Gasteiger partial charge in [-0.05, 0) is 47.6 Å². The molecule has 1 unspecified atom stereocenters. The van der Waals surface area contributed by atoms with Gasteiger partial charge in [0.05, 0.1) is 0 Å². The molecule has 0 saturated carbocycles. The highest BCUT2D eigenvalue weighted by atomic mass is 32.2. The van der Waals surface area contributed by atoms with Gasteiger partial charge in [-0.25, -0.2) is 13.9 Å². The number of sulfone groups is 1. The van der Waals surface area contributed by atoms with Gasteiger partial charge in [-0.15, -0.1) is 0 Å². The summed E-state index contributed by atoms with van der Waals surface area (Å²) < 4.78 is 53.6. The topological polar surface area (TPSA) is 141 Å². The van der Waals surface area contributed by atoms with Crippen LogP contribution in [-0.4, -0.2) is 68.0 Å². The lowest BCUT2D eigenvalue weighted by atomic mass is 9.96. The van der Waals surface area contributed by atoms with Crippen LogP contribution in [0.1, 0.15) is 30.9 Å². The lowest BCUT2D eigenvalue weighted by molar-refractivity contribution is -0.131. The molecule has 2 aromatic carbocycles. The molecule has 1 atom stereocenters. The van der Waals surface area contributed by atoms with Crippen LogP contribution in [0.25, 0.3) is 16.7 Å². The summed E-state index contributed by atoms with van der Waals surface area (Å²) in [5.41, 5.74) is 6.15. The van der Waals surface area contributed by atoms with Crippen LogP contribution < -0.4 is 5.48 Å². The number of carbonyl (C=O) groups is 1. The molecule has 0 aliphatic carbocycles. The van der Waals surface area contributed by atoms with Crippen molar-refractivity contribution in [3.63, 3.8) is 0 Å². The fraction of sp³-hybridized carbons (Fsp3) is 0.375. The zero-order chi connectivity index (χ0) is 25.9. The molecule has 1 amide bonds. The highest BCUT2D eigenvalue weighted by Gasteiger charge is 2.43. The molecule has 0 saturated heterocycles. The Labute approximate surface area is 206 Å². The number of nitrogens with zero attached hydrogens (tertiary/aromatic N) is 1. The molecular formula is C24H30N2O7S2. The minimum absolute atomic E-state index is 0.0686. The summed E-state index contributed by atoms with van der Waals surface area (Å²) in [4.78, 5) is 14.1. The standard InChI is InChI=1S/C24H30N2O7S2/c1-24(23(27)25-28,34(2,29)30)13-16-26-14-11-22(12-15-26)21-9-7-20(8-10-21)19-5-3-18(4-6-19)17-35(31,32)33/h3-11,28H,12-17H2,1-2H3,(H,25,27)(H,31,32,33). The first kappa shape index (κ1) is 27.0. The van der Waals surface area contributed by atoms with E-state index in [2.05, 4.69) is 11.0 Å². The summed E-state index contributed by atoms with van der Waals surface area (Å²) >= 11 is 0. The number of amides is 1. The Hall–Kier alpha value is -2.57. The molecular weight excluding hydrogens is 492 g/mol. The average molecular weight is 523 g/mol. The van der Waals surface area contributed by atoms with E-state index in [1.54, 1.807) is 12.1 Å². The van der Waals surface area contributed by atoms with Crippen molar-refractivity contribution in [2.24, 2.45) is 0 Å². The summed E-state index contributed by atoms with van der Waals surface area (Å²) in [5, 5.41) is 8.96. The van der Waals surface area contributed by atoms with E-state index in [4.69, 9.17) is 9.76 Å². The Morgan fingerprint density at radius 3 is 2.00 bits per heavy atom. The van der Waals surface area contributed by atoms with Gasteiger partial charge in [-0.3, -0.25) is 19.5 Å². The first-order valence-electron chi connectivity index (χ1n) is 11.0. The van der Waals surface area contributed by atoms with Crippen LogP contribution in [-0.2, 0) is 30.5 Å². The predicted molar refractivity (Wildman–Crippen MR) is 134 cm³/mol. The minimum Gasteiger partial charge on any atom is -0.299 e. The third kappa shape index (κ3) is 6.77. The van der Waals surface area contributed by atoms with Gasteiger partial charge in [-0.1, -0.05) is 54.6 Å². The Kier molecular flexibility index (Phi) is 8.17. The van der Waals surface area contributed by atoms with E-state index < -0.39 is 36.4 Å². The van der Waals surface area contributed by atoms with Gasteiger partial charge in [0, 0.05) is 25.9 Å². The number of rotatable bonds is 9. The maximum absolute atomic E-state index is 12.1. The van der Waals surface area contributed by atoms with Crippen molar-refractivity contribution >= 4 is 31.4 Å². The second-order valence-electron chi connectivity index (χ2n) is 8.97. The maximum atomic E-state index is 12.1. The SMILES string of the molecule is CC(CCN1CC=C(c2ccc(-c3ccc(CS(=O)(=O)O)cc3)cc2)CC1)(C(=O)NO)S(C)(=O)=O. The summed E-state index contributed by atoms with van der Waals surface area (Å²) in [6.07, 6.45) is 3.92. The van der Waals surface area contributed by atoms with Gasteiger partial charge in [0.25, 0.3) is 16.0 Å². The molecule has 1 heterocycles. The Bertz CT molecular complexity index is 1300. The molecule has 3 rings (SSSR count). The molecule has 11 heteroatoms. The predicted octanol–water partition coefficient (Wildman–Crippen LogP) is 2.53. The second-order valence-corrected chi connectivity index (χ2v) is 12.9. The number of hydrogen-bond donors (Lipinski definition) is 3. The molecule has 1 aliphatic heterocycles. The lowest BCUT2D eigenvalue weighted by Crippen LogP contribution is -2.51. The Morgan fingerprint density at radius 2 is 1.54 bits per heavy atom. The number of hydrogen-bond acceptors (Lipinski definition) is 7. The number of benzene rings is 2. The smallest absolute Gasteiger partial charge is 0.269 e. The monoisotopic (exact) mass is 522 g/mol. The van der Waals surface area contributed by atoms with Crippen LogP contribution >= 0.6 is 0 Å². The molecule has 9 nitrogen and oxygen atoms in total. The Morgan fingerprint density at radius 1 is 1.00 bits per heavy atom. The van der Waals surface area contributed by atoms with Gasteiger partial charge < -0.3 is 0 Å². The first-order valence-corrected chi connectivity index (χ1v) is 14.5. The lowest BCUT2D eigenvalue weighted by Gasteiger charge is -2.31. The fourth-order valence-corrected chi connectivity index (χ4v) is 5.47. The number of hydroxylamine groups is 1. The molecule has 0 spiro atoms. The van der Waals surface area contributed by atoms with Crippen molar-refractivity contribution in [1.29, 1.82) is 0 Å². The van der Waals surface area contributed by atoms with E-state index in [0.717, 1.165) is 29.4 Å². The zero-order valence-corrected chi connectivity index (χ0v) is 21.3. The molecule has 1 aliphatic rings. The third-order valence-electron chi connectivity index (χ3n) is 6.49. The summed E-state index contributed by atoms with van der Waals surface area (Å²) in [6.45, 7) is 3.05. The second kappa shape index (κ2) is 10.6. The van der Waals surface area contributed by atoms with Crippen molar-refractivity contribution in [1.82, 2.24) is 10.4 Å². The Balaban J connectivity index is 1.63. The van der Waals surface area contributed by atoms with E-state index in [0.29, 0.717) is 25.2 Å². The molecule has 3 N–H and O–H groups in total. The highest BCUT2D eigenvalue weighted by Crippen LogP contribution is 2.28. The number of nitrogens with one attached hydrogen (secondary N) is 1. The van der Waals surface area contributed by atoms with Crippen molar-refractivity contribution < 1.29 is 31.4 Å². The third-order valence-corrected chi connectivity index (χ3v) is 9.22. The van der Waals surface area contributed by atoms with Crippen molar-refractivity contribution in [2.75, 3.05) is 25.9 Å². The normalized spacial score (nSPS) is 16.9. The van der Waals surface area contributed by atoms with E-state index in [9.17, 15) is 21.6 Å². The van der Waals surface area contributed by atoms with Crippen LogP contribution in [0.15, 0.2) is 54.6 Å². The molecule has 190 valence electrons. The van der Waals surface area contributed by atoms with Gasteiger partial charge in [0.2, 0.25) is 0 Å². The average Bonchev–Trinajstić information content (AvgIpc) is 2.81. The van der Waals surface area contributed by atoms with Crippen LogP contribution in [0.4, 0.5) is 0 Å². The van der Waals surface area contributed by atoms with Crippen LogP contribution in [0, 0.1) is 0 Å². The summed E-state index contributed by atoms with van der Waals surface area (Å²) in [7, 11) is -7.78. The van der Waals surface area contributed by atoms with E-state index in [1.165, 1.54) is 18.0 Å². The van der Waals surface area contributed by atoms with Gasteiger partial charge in [0.1, 0.15) is 5.75 Å². The van der Waals surface area contributed by atoms with Crippen LogP contribution in [0.5, 0.6) is 0 Å². The molecule has 35 heavy (non-hydrogen) atoms. The van der Waals surface area contributed by atoms with Crippen LogP contribution in [0.2, 0.25) is 0 Å². The quantitative estimate of drug-likeness (QED) is 0.259. The highest BCUT2D eigenvalue weighted by molar-refractivity contribution is 7.92. The van der Waals surface area contributed by atoms with Crippen molar-refractivity contribution in [3.05, 3.63) is 65.7 Å². The summed E-state index contributed by atoms with van der Waals surface area (Å²) in [5.74, 6) is -1.35. The summed E-state index contributed by atoms with van der Waals surface area (Å²) in [6, 6.07) is 15.0. The molecule has 2 aromatic rings.